The van der Waals surface area contributed by atoms with Gasteiger partial charge in [0.2, 0.25) is 6.10 Å². The largest absolute Gasteiger partial charge is 0.478 e. The van der Waals surface area contributed by atoms with E-state index >= 15 is 0 Å². The zero-order valence-corrected chi connectivity index (χ0v) is 7.89. The van der Waals surface area contributed by atoms with Gasteiger partial charge in [0.05, 0.1) is 6.10 Å². The molecule has 0 aliphatic heterocycles. The molecule has 2 N–H and O–H groups in total. The van der Waals surface area contributed by atoms with Gasteiger partial charge in [-0.25, -0.2) is 4.79 Å². The number of carbonyl (C=O) groups is 3. The molecule has 0 radical (unpaired) electrons. The summed E-state index contributed by atoms with van der Waals surface area (Å²) in [6, 6.07) is 0. The van der Waals surface area contributed by atoms with E-state index in [1.54, 1.807) is 0 Å². The summed E-state index contributed by atoms with van der Waals surface area (Å²) < 4.78 is 4.37. The Morgan fingerprint density at radius 3 is 2.14 bits per heavy atom. The Morgan fingerprint density at radius 1 is 1.36 bits per heavy atom. The molecule has 6 heteroatoms. The molecular formula is C8H12O6. The van der Waals surface area contributed by atoms with Crippen LogP contribution in [0.5, 0.6) is 0 Å². The highest BCUT2D eigenvalue weighted by atomic mass is 16.6. The molecule has 0 heterocycles. The molecule has 0 amide bonds. The van der Waals surface area contributed by atoms with Crippen LogP contribution in [0.25, 0.3) is 0 Å². The topological polar surface area (TPSA) is 101 Å². The number of aliphatic carboxylic acids is 1. The third kappa shape index (κ3) is 4.56. The fourth-order valence-corrected chi connectivity index (χ4v) is 0.742. The van der Waals surface area contributed by atoms with Crippen LogP contribution >= 0.6 is 0 Å². The van der Waals surface area contributed by atoms with E-state index in [2.05, 4.69) is 4.74 Å². The van der Waals surface area contributed by atoms with E-state index < -0.39 is 36.4 Å². The fourth-order valence-electron chi connectivity index (χ4n) is 0.742. The molecule has 14 heavy (non-hydrogen) atoms. The Bertz CT molecular complexity index is 244. The fraction of sp³-hybridized carbons (Fsp3) is 0.625. The van der Waals surface area contributed by atoms with Crippen molar-refractivity contribution in [2.75, 3.05) is 0 Å². The summed E-state index contributed by atoms with van der Waals surface area (Å²) in [5.74, 6) is -2.83. The lowest BCUT2D eigenvalue weighted by atomic mass is 10.2. The van der Waals surface area contributed by atoms with Gasteiger partial charge in [-0.3, -0.25) is 9.59 Å². The number of rotatable bonds is 5. The Balaban J connectivity index is 4.24. The highest BCUT2D eigenvalue weighted by Gasteiger charge is 2.27. The third-order valence-corrected chi connectivity index (χ3v) is 1.33. The first-order chi connectivity index (χ1) is 6.34. The zero-order chi connectivity index (χ0) is 11.3. The Morgan fingerprint density at radius 2 is 1.86 bits per heavy atom. The highest BCUT2D eigenvalue weighted by Crippen LogP contribution is 2.02. The maximum atomic E-state index is 10.9. The maximum Gasteiger partial charge on any atom is 0.347 e. The molecule has 0 aromatic carbocycles. The quantitative estimate of drug-likeness (QED) is 0.455. The van der Waals surface area contributed by atoms with Crippen LogP contribution in [0.1, 0.15) is 20.3 Å². The van der Waals surface area contributed by atoms with Crippen molar-refractivity contribution in [2.24, 2.45) is 0 Å². The van der Waals surface area contributed by atoms with Crippen molar-refractivity contribution in [1.29, 1.82) is 0 Å². The summed E-state index contributed by atoms with van der Waals surface area (Å²) in [5, 5.41) is 17.4. The van der Waals surface area contributed by atoms with Gasteiger partial charge in [-0.15, -0.1) is 0 Å². The summed E-state index contributed by atoms with van der Waals surface area (Å²) in [7, 11) is 0. The van der Waals surface area contributed by atoms with Gasteiger partial charge in [-0.2, -0.15) is 0 Å². The molecule has 0 bridgehead atoms. The lowest BCUT2D eigenvalue weighted by molar-refractivity contribution is -0.171. The molecular weight excluding hydrogens is 192 g/mol. The number of hydrogen-bond donors (Lipinski definition) is 2. The summed E-state index contributed by atoms with van der Waals surface area (Å²) in [5.41, 5.74) is 0. The molecule has 0 aliphatic rings. The summed E-state index contributed by atoms with van der Waals surface area (Å²) in [4.78, 5) is 31.8. The van der Waals surface area contributed by atoms with Crippen molar-refractivity contribution >= 4 is 17.7 Å². The second kappa shape index (κ2) is 5.33. The summed E-state index contributed by atoms with van der Waals surface area (Å²) in [6.45, 7) is 2.36. The standard InChI is InChI=1S/C8H12O6/c1-4(9)3-6(11)14-7(5(2)10)8(12)13/h5,7,10H,3H2,1-2H3,(H,12,13). The van der Waals surface area contributed by atoms with E-state index in [-0.39, 0.29) is 0 Å². The van der Waals surface area contributed by atoms with Crippen molar-refractivity contribution in [3.63, 3.8) is 0 Å². The average molecular weight is 204 g/mol. The molecule has 0 aromatic rings. The first kappa shape index (κ1) is 12.6. The lowest BCUT2D eigenvalue weighted by Crippen LogP contribution is -2.36. The number of ketones is 1. The Hall–Kier alpha value is -1.43. The molecule has 2 unspecified atom stereocenters. The molecule has 0 saturated heterocycles. The SMILES string of the molecule is CC(=O)CC(=O)OC(C(=O)O)C(C)O. The van der Waals surface area contributed by atoms with Crippen molar-refractivity contribution in [3.05, 3.63) is 0 Å². The molecule has 0 rings (SSSR count). The van der Waals surface area contributed by atoms with Crippen LogP contribution in [-0.4, -0.2) is 40.1 Å². The van der Waals surface area contributed by atoms with Crippen LogP contribution in [-0.2, 0) is 19.1 Å². The van der Waals surface area contributed by atoms with E-state index in [1.165, 1.54) is 13.8 Å². The first-order valence-electron chi connectivity index (χ1n) is 3.94. The lowest BCUT2D eigenvalue weighted by Gasteiger charge is -2.15. The number of hydrogen-bond acceptors (Lipinski definition) is 5. The summed E-state index contributed by atoms with van der Waals surface area (Å²) in [6.07, 6.45) is -3.43. The normalized spacial score (nSPS) is 14.2. The number of Topliss-reactive ketones (excluding diaryl/α,β-unsaturated/α-hetero) is 1. The average Bonchev–Trinajstić information content (AvgIpc) is 1.97. The van der Waals surface area contributed by atoms with Gasteiger partial charge < -0.3 is 14.9 Å². The number of esters is 1. The minimum Gasteiger partial charge on any atom is -0.478 e. The second-order valence-corrected chi connectivity index (χ2v) is 2.87. The van der Waals surface area contributed by atoms with Crippen molar-refractivity contribution in [3.8, 4) is 0 Å². The van der Waals surface area contributed by atoms with E-state index in [1.807, 2.05) is 0 Å². The maximum absolute atomic E-state index is 10.9. The van der Waals surface area contributed by atoms with Gasteiger partial charge in [0, 0.05) is 0 Å². The molecule has 2 atom stereocenters. The van der Waals surface area contributed by atoms with Crippen LogP contribution < -0.4 is 0 Å². The Kier molecular flexibility index (Phi) is 4.79. The van der Waals surface area contributed by atoms with Crippen molar-refractivity contribution in [1.82, 2.24) is 0 Å². The highest BCUT2D eigenvalue weighted by molar-refractivity contribution is 5.94. The second-order valence-electron chi connectivity index (χ2n) is 2.87. The van der Waals surface area contributed by atoms with E-state index in [0.29, 0.717) is 0 Å². The predicted octanol–water partition coefficient (Wildman–Crippen LogP) is -0.657. The number of carboxylic acid groups (broad SMARTS) is 1. The number of aliphatic hydroxyl groups excluding tert-OH is 1. The molecule has 0 fully saturated rings. The number of carbonyl (C=O) groups excluding carboxylic acids is 2. The molecule has 6 nitrogen and oxygen atoms in total. The number of ether oxygens (including phenoxy) is 1. The Labute approximate surface area is 80.5 Å². The zero-order valence-electron chi connectivity index (χ0n) is 7.89. The molecule has 0 saturated carbocycles. The molecule has 0 aromatic heterocycles. The van der Waals surface area contributed by atoms with E-state index in [9.17, 15) is 14.4 Å². The van der Waals surface area contributed by atoms with E-state index in [0.717, 1.165) is 0 Å². The van der Waals surface area contributed by atoms with Crippen molar-refractivity contribution in [2.45, 2.75) is 32.5 Å². The van der Waals surface area contributed by atoms with Gasteiger partial charge >= 0.3 is 11.9 Å². The minimum absolute atomic E-state index is 0.426. The van der Waals surface area contributed by atoms with Gasteiger partial charge in [0.1, 0.15) is 12.2 Å². The number of carboxylic acids is 1. The third-order valence-electron chi connectivity index (χ3n) is 1.33. The van der Waals surface area contributed by atoms with Crippen LogP contribution in [0.4, 0.5) is 0 Å². The van der Waals surface area contributed by atoms with Gasteiger partial charge in [0.25, 0.3) is 0 Å². The minimum atomic E-state index is -1.62. The van der Waals surface area contributed by atoms with Gasteiger partial charge in [-0.05, 0) is 13.8 Å². The van der Waals surface area contributed by atoms with Crippen LogP contribution in [0.2, 0.25) is 0 Å². The summed E-state index contributed by atoms with van der Waals surface area (Å²) >= 11 is 0. The predicted molar refractivity (Wildman–Crippen MR) is 44.5 cm³/mol. The molecule has 80 valence electrons. The smallest absolute Gasteiger partial charge is 0.347 e. The van der Waals surface area contributed by atoms with Gasteiger partial charge in [0.15, 0.2) is 0 Å². The first-order valence-corrected chi connectivity index (χ1v) is 3.94. The molecule has 0 spiro atoms. The van der Waals surface area contributed by atoms with Gasteiger partial charge in [-0.1, -0.05) is 0 Å². The van der Waals surface area contributed by atoms with Crippen LogP contribution in [0, 0.1) is 0 Å². The van der Waals surface area contributed by atoms with Crippen LogP contribution in [0.15, 0.2) is 0 Å². The van der Waals surface area contributed by atoms with E-state index in [4.69, 9.17) is 10.2 Å². The van der Waals surface area contributed by atoms with Crippen LogP contribution in [0.3, 0.4) is 0 Å². The van der Waals surface area contributed by atoms with Crippen molar-refractivity contribution < 1.29 is 29.3 Å². The monoisotopic (exact) mass is 204 g/mol. The molecule has 0 aliphatic carbocycles. The number of aliphatic hydroxyl groups is 1.